The van der Waals surface area contributed by atoms with Crippen LogP contribution in [0.5, 0.6) is 0 Å². The Bertz CT molecular complexity index is 151. The van der Waals surface area contributed by atoms with E-state index in [1.165, 1.54) is 0 Å². The molecule has 0 radical (unpaired) electrons. The Morgan fingerprint density at radius 1 is 1.33 bits per heavy atom. The average molecular weight is 229 g/mol. The SMILES string of the molecule is CC(O)CCCNCCOCC(F)(F)F. The number of nitrogens with one attached hydrogen (secondary N) is 1. The fraction of sp³-hybridized carbons (Fsp3) is 1.00. The van der Waals surface area contributed by atoms with Crippen LogP contribution in [0, 0.1) is 0 Å². The van der Waals surface area contributed by atoms with Crippen LogP contribution in [0.15, 0.2) is 0 Å². The zero-order chi connectivity index (χ0) is 11.7. The van der Waals surface area contributed by atoms with E-state index in [0.29, 0.717) is 19.5 Å². The van der Waals surface area contributed by atoms with Crippen LogP contribution in [0.3, 0.4) is 0 Å². The summed E-state index contributed by atoms with van der Waals surface area (Å²) >= 11 is 0. The molecule has 0 amide bonds. The van der Waals surface area contributed by atoms with E-state index in [1.807, 2.05) is 0 Å². The maximum absolute atomic E-state index is 11.6. The van der Waals surface area contributed by atoms with Crippen molar-refractivity contribution in [2.45, 2.75) is 32.0 Å². The van der Waals surface area contributed by atoms with Crippen molar-refractivity contribution in [2.75, 3.05) is 26.3 Å². The van der Waals surface area contributed by atoms with Crippen molar-refractivity contribution >= 4 is 0 Å². The van der Waals surface area contributed by atoms with Gasteiger partial charge in [-0.05, 0) is 26.3 Å². The van der Waals surface area contributed by atoms with Gasteiger partial charge in [0.15, 0.2) is 0 Å². The molecule has 0 bridgehead atoms. The third-order valence-corrected chi connectivity index (χ3v) is 1.66. The molecule has 0 aliphatic heterocycles. The van der Waals surface area contributed by atoms with E-state index in [1.54, 1.807) is 6.92 Å². The number of hydrogen-bond donors (Lipinski definition) is 2. The van der Waals surface area contributed by atoms with Gasteiger partial charge in [-0.3, -0.25) is 0 Å². The molecule has 0 aromatic heterocycles. The zero-order valence-corrected chi connectivity index (χ0v) is 8.81. The molecule has 92 valence electrons. The lowest BCUT2D eigenvalue weighted by molar-refractivity contribution is -0.173. The molecule has 0 fully saturated rings. The van der Waals surface area contributed by atoms with Gasteiger partial charge in [0, 0.05) is 6.54 Å². The maximum atomic E-state index is 11.6. The van der Waals surface area contributed by atoms with Gasteiger partial charge in [-0.25, -0.2) is 0 Å². The highest BCUT2D eigenvalue weighted by atomic mass is 19.4. The number of alkyl halides is 3. The van der Waals surface area contributed by atoms with Crippen molar-refractivity contribution in [3.63, 3.8) is 0 Å². The number of halogens is 3. The van der Waals surface area contributed by atoms with Crippen LogP contribution in [0.25, 0.3) is 0 Å². The lowest BCUT2D eigenvalue weighted by Gasteiger charge is -2.08. The van der Waals surface area contributed by atoms with Gasteiger partial charge >= 0.3 is 6.18 Å². The van der Waals surface area contributed by atoms with Crippen molar-refractivity contribution in [3.8, 4) is 0 Å². The van der Waals surface area contributed by atoms with E-state index in [0.717, 1.165) is 6.42 Å². The highest BCUT2D eigenvalue weighted by molar-refractivity contribution is 4.52. The van der Waals surface area contributed by atoms with Crippen LogP contribution in [0.4, 0.5) is 13.2 Å². The molecule has 0 saturated heterocycles. The van der Waals surface area contributed by atoms with Crippen LogP contribution >= 0.6 is 0 Å². The first-order chi connectivity index (χ1) is 6.92. The van der Waals surface area contributed by atoms with E-state index in [4.69, 9.17) is 5.11 Å². The monoisotopic (exact) mass is 229 g/mol. The summed E-state index contributed by atoms with van der Waals surface area (Å²) < 4.78 is 39.2. The first-order valence-corrected chi connectivity index (χ1v) is 4.95. The number of aliphatic hydroxyl groups is 1. The molecular weight excluding hydrogens is 211 g/mol. The standard InChI is InChI=1S/C9H18F3NO2/c1-8(14)3-2-4-13-5-6-15-7-9(10,11)12/h8,13-14H,2-7H2,1H3. The molecule has 0 aromatic carbocycles. The summed E-state index contributed by atoms with van der Waals surface area (Å²) in [5.41, 5.74) is 0. The Labute approximate surface area is 87.6 Å². The Morgan fingerprint density at radius 2 is 2.00 bits per heavy atom. The van der Waals surface area contributed by atoms with Crippen molar-refractivity contribution < 1.29 is 23.0 Å². The van der Waals surface area contributed by atoms with Crippen molar-refractivity contribution in [1.29, 1.82) is 0 Å². The summed E-state index contributed by atoms with van der Waals surface area (Å²) in [5, 5.41) is 11.8. The molecule has 6 heteroatoms. The zero-order valence-electron chi connectivity index (χ0n) is 8.81. The van der Waals surface area contributed by atoms with Crippen LogP contribution < -0.4 is 5.32 Å². The summed E-state index contributed by atoms with van der Waals surface area (Å²) in [7, 11) is 0. The minimum absolute atomic E-state index is 0.0498. The molecule has 1 unspecified atom stereocenters. The van der Waals surface area contributed by atoms with Gasteiger partial charge in [0.2, 0.25) is 0 Å². The Hall–Kier alpha value is -0.330. The second-order valence-corrected chi connectivity index (χ2v) is 3.41. The summed E-state index contributed by atoms with van der Waals surface area (Å²) in [6.07, 6.45) is -3.08. The summed E-state index contributed by atoms with van der Waals surface area (Å²) in [6.45, 7) is 1.64. The first kappa shape index (κ1) is 14.7. The molecule has 3 nitrogen and oxygen atoms in total. The number of hydrogen-bond acceptors (Lipinski definition) is 3. The van der Waals surface area contributed by atoms with Crippen LogP contribution in [-0.4, -0.2) is 43.7 Å². The van der Waals surface area contributed by atoms with E-state index in [2.05, 4.69) is 10.1 Å². The van der Waals surface area contributed by atoms with Crippen LogP contribution in [0.1, 0.15) is 19.8 Å². The summed E-state index contributed by atoms with van der Waals surface area (Å²) in [6, 6.07) is 0. The highest BCUT2D eigenvalue weighted by Crippen LogP contribution is 2.13. The van der Waals surface area contributed by atoms with Gasteiger partial charge in [0.25, 0.3) is 0 Å². The smallest absolute Gasteiger partial charge is 0.393 e. The molecule has 0 aromatic rings. The third kappa shape index (κ3) is 13.7. The molecule has 1 atom stereocenters. The molecular formula is C9H18F3NO2. The van der Waals surface area contributed by atoms with Crippen molar-refractivity contribution in [1.82, 2.24) is 5.32 Å². The fourth-order valence-electron chi connectivity index (χ4n) is 0.980. The van der Waals surface area contributed by atoms with Gasteiger partial charge in [-0.15, -0.1) is 0 Å². The predicted molar refractivity (Wildman–Crippen MR) is 50.7 cm³/mol. The lowest BCUT2D eigenvalue weighted by Crippen LogP contribution is -2.24. The Kier molecular flexibility index (Phi) is 7.72. The molecule has 0 aliphatic carbocycles. The lowest BCUT2D eigenvalue weighted by atomic mass is 10.2. The Morgan fingerprint density at radius 3 is 2.53 bits per heavy atom. The average Bonchev–Trinajstić information content (AvgIpc) is 2.07. The quantitative estimate of drug-likeness (QED) is 0.617. The van der Waals surface area contributed by atoms with Gasteiger partial charge in [-0.1, -0.05) is 0 Å². The molecule has 2 N–H and O–H groups in total. The number of aliphatic hydroxyl groups excluding tert-OH is 1. The largest absolute Gasteiger partial charge is 0.411 e. The molecule has 0 saturated carbocycles. The predicted octanol–water partition coefficient (Wildman–Crippen LogP) is 1.32. The van der Waals surface area contributed by atoms with Crippen LogP contribution in [-0.2, 0) is 4.74 Å². The second-order valence-electron chi connectivity index (χ2n) is 3.41. The summed E-state index contributed by atoms with van der Waals surface area (Å²) in [5.74, 6) is 0. The van der Waals surface area contributed by atoms with Crippen molar-refractivity contribution in [2.24, 2.45) is 0 Å². The normalized spacial score (nSPS) is 14.2. The first-order valence-electron chi connectivity index (χ1n) is 4.95. The van der Waals surface area contributed by atoms with E-state index in [9.17, 15) is 13.2 Å². The fourth-order valence-corrected chi connectivity index (χ4v) is 0.980. The minimum atomic E-state index is -4.24. The van der Waals surface area contributed by atoms with E-state index < -0.39 is 12.8 Å². The van der Waals surface area contributed by atoms with Gasteiger partial charge in [0.05, 0.1) is 12.7 Å². The topological polar surface area (TPSA) is 41.5 Å². The molecule has 0 rings (SSSR count). The molecule has 15 heavy (non-hydrogen) atoms. The van der Waals surface area contributed by atoms with Gasteiger partial charge in [0.1, 0.15) is 6.61 Å². The van der Waals surface area contributed by atoms with E-state index in [-0.39, 0.29) is 12.7 Å². The molecule has 0 spiro atoms. The summed E-state index contributed by atoms with van der Waals surface area (Å²) in [4.78, 5) is 0. The molecule has 0 aliphatic rings. The second kappa shape index (κ2) is 7.90. The maximum Gasteiger partial charge on any atom is 0.411 e. The molecule has 0 heterocycles. The van der Waals surface area contributed by atoms with E-state index >= 15 is 0 Å². The van der Waals surface area contributed by atoms with Gasteiger partial charge < -0.3 is 15.2 Å². The number of ether oxygens (including phenoxy) is 1. The number of rotatable bonds is 8. The minimum Gasteiger partial charge on any atom is -0.393 e. The van der Waals surface area contributed by atoms with Crippen LogP contribution in [0.2, 0.25) is 0 Å². The highest BCUT2D eigenvalue weighted by Gasteiger charge is 2.27. The van der Waals surface area contributed by atoms with Crippen molar-refractivity contribution in [3.05, 3.63) is 0 Å². The van der Waals surface area contributed by atoms with Gasteiger partial charge in [-0.2, -0.15) is 13.2 Å². The Balaban J connectivity index is 3.06. The third-order valence-electron chi connectivity index (χ3n) is 1.66.